The number of nitrogens with zero attached hydrogens (tertiary/aromatic N) is 6. The quantitative estimate of drug-likeness (QED) is 0.159. The minimum Gasteiger partial charge on any atom is -0.492 e. The van der Waals surface area contributed by atoms with E-state index in [-0.39, 0.29) is 27.7 Å². The molecule has 0 saturated heterocycles. The van der Waals surface area contributed by atoms with E-state index < -0.39 is 15.0 Å². The molecular weight excluding hydrogens is 488 g/mol. The normalized spacial score (nSPS) is 11.5. The summed E-state index contributed by atoms with van der Waals surface area (Å²) >= 11 is 0. The van der Waals surface area contributed by atoms with Crippen molar-refractivity contribution in [1.82, 2.24) is 20.0 Å². The average molecular weight is 505 g/mol. The first-order valence-corrected chi connectivity index (χ1v) is 11.8. The van der Waals surface area contributed by atoms with Crippen LogP contribution in [0, 0.1) is 10.1 Å². The Morgan fingerprint density at radius 2 is 1.89 bits per heavy atom. The molecule has 13 heteroatoms. The zero-order chi connectivity index (χ0) is 25.4. The molecular formula is C23H17N6O6S+. The smallest absolute Gasteiger partial charge is 0.341 e. The highest BCUT2D eigenvalue weighted by Gasteiger charge is 2.31. The van der Waals surface area contributed by atoms with Gasteiger partial charge in [-0.1, -0.05) is 24.3 Å². The fourth-order valence-electron chi connectivity index (χ4n) is 3.80. The molecule has 0 fully saturated rings. The molecule has 0 radical (unpaired) electrons. The molecule has 12 nitrogen and oxygen atoms in total. The fourth-order valence-corrected chi connectivity index (χ4v) is 4.48. The summed E-state index contributed by atoms with van der Waals surface area (Å²) in [6.45, 7) is 0. The van der Waals surface area contributed by atoms with Crippen LogP contribution in [0.4, 0.5) is 5.69 Å². The van der Waals surface area contributed by atoms with Gasteiger partial charge in [0.1, 0.15) is 10.6 Å². The highest BCUT2D eigenvalue weighted by atomic mass is 32.2. The van der Waals surface area contributed by atoms with E-state index in [4.69, 9.17) is 4.74 Å². The first-order valence-electron chi connectivity index (χ1n) is 10.4. The molecule has 5 rings (SSSR count). The van der Waals surface area contributed by atoms with Gasteiger partial charge in [-0.2, -0.15) is 8.42 Å². The summed E-state index contributed by atoms with van der Waals surface area (Å²) in [5, 5.41) is 21.9. The van der Waals surface area contributed by atoms with Crippen LogP contribution in [0.1, 0.15) is 0 Å². The van der Waals surface area contributed by atoms with Gasteiger partial charge in [-0.05, 0) is 39.5 Å². The molecule has 2 heterocycles. The summed E-state index contributed by atoms with van der Waals surface area (Å²) in [6.07, 6.45) is 3.30. The Bertz CT molecular complexity index is 1750. The lowest BCUT2D eigenvalue weighted by molar-refractivity contribution is -0.734. The second-order valence-electron chi connectivity index (χ2n) is 7.56. The summed E-state index contributed by atoms with van der Waals surface area (Å²) in [5.74, 6) is 0.111. The molecule has 0 bridgehead atoms. The molecule has 0 aliphatic rings. The van der Waals surface area contributed by atoms with Gasteiger partial charge < -0.3 is 4.74 Å². The molecule has 0 aliphatic heterocycles. The van der Waals surface area contributed by atoms with E-state index in [1.54, 1.807) is 24.5 Å². The van der Waals surface area contributed by atoms with Gasteiger partial charge in [0.2, 0.25) is 5.69 Å². The number of pyridine rings is 1. The van der Waals surface area contributed by atoms with E-state index in [0.29, 0.717) is 16.8 Å². The minimum atomic E-state index is -4.59. The van der Waals surface area contributed by atoms with E-state index in [0.717, 1.165) is 5.39 Å². The Balaban J connectivity index is 1.84. The highest BCUT2D eigenvalue weighted by molar-refractivity contribution is 7.86. The number of ether oxygens (including phenoxy) is 1. The lowest BCUT2D eigenvalue weighted by Crippen LogP contribution is -2.43. The second kappa shape index (κ2) is 8.79. The van der Waals surface area contributed by atoms with Crippen molar-refractivity contribution in [3.05, 3.63) is 89.2 Å². The Morgan fingerprint density at radius 3 is 2.64 bits per heavy atom. The molecule has 0 unspecified atom stereocenters. The molecule has 1 N–H and O–H groups in total. The van der Waals surface area contributed by atoms with Gasteiger partial charge >= 0.3 is 5.82 Å². The van der Waals surface area contributed by atoms with Crippen molar-refractivity contribution >= 4 is 26.6 Å². The lowest BCUT2D eigenvalue weighted by atomic mass is 10.1. The third-order valence-electron chi connectivity index (χ3n) is 5.43. The van der Waals surface area contributed by atoms with Gasteiger partial charge in [-0.3, -0.25) is 19.7 Å². The highest BCUT2D eigenvalue weighted by Crippen LogP contribution is 2.28. The molecule has 0 atom stereocenters. The van der Waals surface area contributed by atoms with E-state index in [2.05, 4.69) is 15.2 Å². The molecule has 3 aromatic carbocycles. The molecule has 0 aliphatic carbocycles. The number of nitro benzene ring substituents is 1. The van der Waals surface area contributed by atoms with Crippen molar-refractivity contribution in [2.24, 2.45) is 0 Å². The topological polar surface area (TPSA) is 154 Å². The maximum absolute atomic E-state index is 12.0. The van der Waals surface area contributed by atoms with Crippen molar-refractivity contribution in [2.45, 2.75) is 4.90 Å². The Morgan fingerprint density at radius 1 is 1.08 bits per heavy atom. The zero-order valence-corrected chi connectivity index (χ0v) is 19.4. The third-order valence-corrected chi connectivity index (χ3v) is 6.34. The van der Waals surface area contributed by atoms with Crippen LogP contribution < -0.4 is 9.53 Å². The van der Waals surface area contributed by atoms with Gasteiger partial charge in [-0.25, -0.2) is 0 Å². The van der Waals surface area contributed by atoms with Crippen LogP contribution in [0.15, 0.2) is 84.0 Å². The lowest BCUT2D eigenvalue weighted by Gasteiger charge is -2.06. The van der Waals surface area contributed by atoms with Gasteiger partial charge in [0, 0.05) is 34.7 Å². The number of hydrogen-bond donors (Lipinski definition) is 1. The number of benzene rings is 3. The van der Waals surface area contributed by atoms with Crippen molar-refractivity contribution in [1.29, 1.82) is 0 Å². The van der Waals surface area contributed by atoms with Crippen LogP contribution >= 0.6 is 0 Å². The Hall–Kier alpha value is -4.75. The van der Waals surface area contributed by atoms with E-state index in [1.165, 1.54) is 53.1 Å². The van der Waals surface area contributed by atoms with Crippen LogP contribution in [-0.4, -0.2) is 45.0 Å². The second-order valence-corrected chi connectivity index (χ2v) is 8.95. The van der Waals surface area contributed by atoms with Crippen molar-refractivity contribution in [3.8, 4) is 28.5 Å². The van der Waals surface area contributed by atoms with Gasteiger partial charge in [-0.15, -0.1) is 0 Å². The number of tetrazole rings is 1. The maximum Gasteiger partial charge on any atom is 0.341 e. The predicted octanol–water partition coefficient (Wildman–Crippen LogP) is 2.92. The molecule has 2 aromatic heterocycles. The van der Waals surface area contributed by atoms with Crippen molar-refractivity contribution in [3.63, 3.8) is 0 Å². The Labute approximate surface area is 203 Å². The van der Waals surface area contributed by atoms with Crippen LogP contribution in [0.2, 0.25) is 0 Å². The number of aromatic nitrogens is 5. The molecule has 0 saturated carbocycles. The number of non-ortho nitro benzene ring substituents is 1. The summed E-state index contributed by atoms with van der Waals surface area (Å²) < 4.78 is 39.2. The first kappa shape index (κ1) is 23.0. The molecule has 0 amide bonds. The van der Waals surface area contributed by atoms with Crippen LogP contribution in [0.25, 0.3) is 33.5 Å². The maximum atomic E-state index is 12.0. The van der Waals surface area contributed by atoms with Gasteiger partial charge in [0.15, 0.2) is 5.75 Å². The van der Waals surface area contributed by atoms with E-state index >= 15 is 0 Å². The number of nitro groups is 1. The van der Waals surface area contributed by atoms with Crippen molar-refractivity contribution < 1.29 is 27.4 Å². The molecule has 180 valence electrons. The molecule has 0 spiro atoms. The summed E-state index contributed by atoms with van der Waals surface area (Å²) in [6, 6.07) is 17.0. The number of methoxy groups -OCH3 is 1. The summed E-state index contributed by atoms with van der Waals surface area (Å²) in [7, 11) is -3.22. The number of rotatable bonds is 6. The number of fused-ring (bicyclic) bond motifs is 1. The predicted molar refractivity (Wildman–Crippen MR) is 127 cm³/mol. The SMILES string of the molecule is COc1cc([N+](=O)[O-])ccc1-[n+]1nc(-c2ccccc2S(=O)(=O)O)nn1-c1cccc2ccncc12. The van der Waals surface area contributed by atoms with Gasteiger partial charge in [0.25, 0.3) is 15.8 Å². The fraction of sp³-hybridized carbons (Fsp3) is 0.0435. The zero-order valence-electron chi connectivity index (χ0n) is 18.6. The average Bonchev–Trinajstić information content (AvgIpc) is 3.32. The molecule has 5 aromatic rings. The van der Waals surface area contributed by atoms with Crippen LogP contribution in [0.3, 0.4) is 0 Å². The van der Waals surface area contributed by atoms with Crippen molar-refractivity contribution in [2.75, 3.05) is 7.11 Å². The first-order chi connectivity index (χ1) is 17.3. The van der Waals surface area contributed by atoms with E-state index in [9.17, 15) is 23.1 Å². The van der Waals surface area contributed by atoms with Crippen LogP contribution in [-0.2, 0) is 10.1 Å². The van der Waals surface area contributed by atoms with Gasteiger partial charge in [0.05, 0.1) is 28.8 Å². The largest absolute Gasteiger partial charge is 0.492 e. The summed E-state index contributed by atoms with van der Waals surface area (Å²) in [4.78, 5) is 17.3. The summed E-state index contributed by atoms with van der Waals surface area (Å²) in [5.41, 5.74) is 0.719. The minimum absolute atomic E-state index is 0.0236. The standard InChI is InChI=1S/C23H16N6O6S/c1-35-21-13-16(29(30)31)9-10-20(21)28-26-23(17-6-2-3-8-22(17)36(32,33)34)25-27(28)19-7-4-5-15-11-12-24-14-18(15)19/h2-14H,1H3/p+1. The monoisotopic (exact) mass is 505 g/mol. The Kier molecular flexibility index (Phi) is 5.62. The third kappa shape index (κ3) is 4.01. The van der Waals surface area contributed by atoms with Crippen LogP contribution in [0.5, 0.6) is 5.75 Å². The number of hydrogen-bond acceptors (Lipinski definition) is 8. The molecule has 36 heavy (non-hydrogen) atoms. The van der Waals surface area contributed by atoms with E-state index in [1.807, 2.05) is 18.2 Å².